The van der Waals surface area contributed by atoms with E-state index < -0.39 is 15.9 Å². The number of carbonyl (C=O) groups excluding carboxylic acids is 1. The van der Waals surface area contributed by atoms with Crippen LogP contribution in [0.1, 0.15) is 51.1 Å². The van der Waals surface area contributed by atoms with Crippen LogP contribution in [0.25, 0.3) is 11.5 Å². The zero-order valence-corrected chi connectivity index (χ0v) is 27.4. The first-order valence-corrected chi connectivity index (χ1v) is 17.4. The maximum absolute atomic E-state index is 14.2. The number of hydrogen-bond acceptors (Lipinski definition) is 5. The lowest BCUT2D eigenvalue weighted by atomic mass is 9.74. The summed E-state index contributed by atoms with van der Waals surface area (Å²) in [6, 6.07) is 41.8. The number of carbonyl (C=O) groups is 1. The quantitative estimate of drug-likeness (QED) is 0.162. The lowest BCUT2D eigenvalue weighted by molar-refractivity contribution is -0.143. The smallest absolute Gasteiger partial charge is 0.315 e. The number of aryl methyl sites for hydroxylation is 1. The highest BCUT2D eigenvalue weighted by Gasteiger charge is 2.50. The summed E-state index contributed by atoms with van der Waals surface area (Å²) in [7, 11) is -2.33. The minimum atomic E-state index is -3.94. The number of benzene rings is 5. The molecule has 48 heavy (non-hydrogen) atoms. The second kappa shape index (κ2) is 13.0. The maximum Gasteiger partial charge on any atom is 0.315 e. The zero-order valence-electron chi connectivity index (χ0n) is 26.6. The van der Waals surface area contributed by atoms with E-state index in [1.165, 1.54) is 0 Å². The predicted molar refractivity (Wildman–Crippen MR) is 188 cm³/mol. The van der Waals surface area contributed by atoms with Crippen molar-refractivity contribution in [3.8, 4) is 5.75 Å². The first-order chi connectivity index (χ1) is 23.3. The Morgan fingerprint density at radius 3 is 2.08 bits per heavy atom. The Morgan fingerprint density at radius 1 is 0.792 bits per heavy atom. The average molecular weight is 654 g/mol. The summed E-state index contributed by atoms with van der Waals surface area (Å²) in [5.41, 5.74) is 5.96. The zero-order chi connectivity index (χ0) is 33.3. The number of cyclic esters (lactones) is 1. The molecule has 0 aromatic heterocycles. The first kappa shape index (κ1) is 31.2. The molecule has 2 aliphatic rings. The third-order valence-corrected chi connectivity index (χ3v) is 10.6. The highest BCUT2D eigenvalue weighted by atomic mass is 32.2. The Labute approximate surface area is 281 Å². The van der Waals surface area contributed by atoms with Crippen molar-refractivity contribution in [1.82, 2.24) is 4.72 Å². The van der Waals surface area contributed by atoms with Gasteiger partial charge in [-0.25, -0.2) is 8.42 Å². The summed E-state index contributed by atoms with van der Waals surface area (Å²) in [5, 5.41) is 0. The van der Waals surface area contributed by atoms with Crippen molar-refractivity contribution in [2.75, 3.05) is 7.11 Å². The number of allylic oxidation sites excluding steroid dienone is 2. The van der Waals surface area contributed by atoms with Gasteiger partial charge in [-0.05, 0) is 71.7 Å². The Balaban J connectivity index is 1.37. The van der Waals surface area contributed by atoms with Gasteiger partial charge in [0.25, 0.3) is 10.0 Å². The van der Waals surface area contributed by atoms with Crippen LogP contribution in [0.4, 0.5) is 0 Å². The minimum absolute atomic E-state index is 0.171. The van der Waals surface area contributed by atoms with Crippen molar-refractivity contribution in [2.24, 2.45) is 5.92 Å². The van der Waals surface area contributed by atoms with Crippen LogP contribution in [-0.4, -0.2) is 21.5 Å². The molecular formula is C41H35NO5S. The van der Waals surface area contributed by atoms with Gasteiger partial charge in [0.1, 0.15) is 11.5 Å². The molecule has 0 bridgehead atoms. The summed E-state index contributed by atoms with van der Waals surface area (Å²) in [6.45, 7) is 1.92. The Bertz CT molecular complexity index is 2110. The molecule has 0 unspecified atom stereocenters. The monoisotopic (exact) mass is 653 g/mol. The van der Waals surface area contributed by atoms with Crippen LogP contribution in [0, 0.1) is 12.8 Å². The van der Waals surface area contributed by atoms with Gasteiger partial charge >= 0.3 is 5.97 Å². The second-order valence-electron chi connectivity index (χ2n) is 12.2. The van der Waals surface area contributed by atoms with Crippen molar-refractivity contribution in [1.29, 1.82) is 0 Å². The number of sulfonamides is 1. The van der Waals surface area contributed by atoms with Crippen LogP contribution in [0.2, 0.25) is 0 Å². The number of nitrogens with one attached hydrogen (secondary N) is 1. The van der Waals surface area contributed by atoms with Crippen molar-refractivity contribution < 1.29 is 22.7 Å². The second-order valence-corrected chi connectivity index (χ2v) is 13.9. The van der Waals surface area contributed by atoms with Gasteiger partial charge in [-0.3, -0.25) is 9.52 Å². The van der Waals surface area contributed by atoms with Crippen LogP contribution < -0.4 is 9.46 Å². The molecule has 6 nitrogen and oxygen atoms in total. The summed E-state index contributed by atoms with van der Waals surface area (Å²) in [6.07, 6.45) is 4.02. The standard InChI is InChI=1S/C41H35NO5S/c1-27-17-23-32(24-18-27)48(44,45)42-37(29-13-7-4-8-14-29)25-35(28-11-5-3-6-12-28)39-34-16-10-9-15-33(34)36-26-38(47-41(43)40(36)39)30-19-21-31(46-2)22-20-30/h3-26,35-36,39-40,42H,1-2H3/b37-25-/t35-,36-,39+,40-/m0/s1. The normalized spacial score (nSPS) is 19.4. The fourth-order valence-electron chi connectivity index (χ4n) is 6.91. The third kappa shape index (κ3) is 6.05. The molecule has 0 saturated heterocycles. The summed E-state index contributed by atoms with van der Waals surface area (Å²) < 4.78 is 42.0. The first-order valence-electron chi connectivity index (χ1n) is 15.9. The van der Waals surface area contributed by atoms with Crippen molar-refractivity contribution >= 4 is 27.4 Å². The largest absolute Gasteiger partial charge is 0.497 e. The molecule has 1 heterocycles. The molecule has 1 aliphatic carbocycles. The van der Waals surface area contributed by atoms with Crippen LogP contribution in [0.15, 0.2) is 151 Å². The van der Waals surface area contributed by atoms with E-state index in [1.807, 2.05) is 110 Å². The van der Waals surface area contributed by atoms with E-state index in [2.05, 4.69) is 22.9 Å². The van der Waals surface area contributed by atoms with Crippen LogP contribution in [0.5, 0.6) is 5.75 Å². The van der Waals surface area contributed by atoms with Crippen LogP contribution in [0.3, 0.4) is 0 Å². The minimum Gasteiger partial charge on any atom is -0.497 e. The van der Waals surface area contributed by atoms with Crippen LogP contribution >= 0.6 is 0 Å². The Hall–Kier alpha value is -5.40. The predicted octanol–water partition coefficient (Wildman–Crippen LogP) is 8.20. The number of rotatable bonds is 9. The highest BCUT2D eigenvalue weighted by molar-refractivity contribution is 7.89. The van der Waals surface area contributed by atoms with E-state index in [0.717, 1.165) is 33.6 Å². The molecule has 7 heteroatoms. The Morgan fingerprint density at radius 2 is 1.42 bits per heavy atom. The number of hydrogen-bond donors (Lipinski definition) is 1. The molecule has 0 amide bonds. The third-order valence-electron chi connectivity index (χ3n) is 9.25. The lowest BCUT2D eigenvalue weighted by Crippen LogP contribution is -2.30. The molecule has 0 fully saturated rings. The number of fused-ring (bicyclic) bond motifs is 3. The average Bonchev–Trinajstić information content (AvgIpc) is 3.45. The van der Waals surface area contributed by atoms with E-state index in [0.29, 0.717) is 17.0 Å². The van der Waals surface area contributed by atoms with Gasteiger partial charge < -0.3 is 9.47 Å². The van der Waals surface area contributed by atoms with E-state index in [4.69, 9.17) is 9.47 Å². The highest BCUT2D eigenvalue weighted by Crippen LogP contribution is 2.56. The maximum atomic E-state index is 14.2. The molecule has 0 spiro atoms. The SMILES string of the molecule is COc1ccc(C2=C[C@H]3c4ccccc4[C@H]([C@@H](/C=C(\NS(=O)(=O)c4ccc(C)cc4)c4ccccc4)c4ccccc4)[C@H]3C(=O)O2)cc1. The number of esters is 1. The van der Waals surface area contributed by atoms with Gasteiger partial charge in [0, 0.05) is 23.3 Å². The molecule has 5 aromatic rings. The molecule has 1 aliphatic heterocycles. The van der Waals surface area contributed by atoms with Crippen molar-refractivity contribution in [3.05, 3.63) is 179 Å². The molecule has 0 saturated carbocycles. The van der Waals surface area contributed by atoms with Gasteiger partial charge in [-0.2, -0.15) is 0 Å². The number of ether oxygens (including phenoxy) is 2. The molecule has 7 rings (SSSR count). The fraction of sp³-hybridized carbons (Fsp3) is 0.146. The summed E-state index contributed by atoms with van der Waals surface area (Å²) in [4.78, 5) is 14.3. The molecular weight excluding hydrogens is 619 g/mol. The van der Waals surface area contributed by atoms with Gasteiger partial charge in [0.2, 0.25) is 0 Å². The van der Waals surface area contributed by atoms with Crippen molar-refractivity contribution in [3.63, 3.8) is 0 Å². The van der Waals surface area contributed by atoms with E-state index in [9.17, 15) is 13.2 Å². The van der Waals surface area contributed by atoms with Gasteiger partial charge in [0.15, 0.2) is 0 Å². The summed E-state index contributed by atoms with van der Waals surface area (Å²) in [5.74, 6) is -0.563. The van der Waals surface area contributed by atoms with E-state index in [-0.39, 0.29) is 28.6 Å². The molecule has 4 atom stereocenters. The summed E-state index contributed by atoms with van der Waals surface area (Å²) >= 11 is 0. The van der Waals surface area contributed by atoms with Gasteiger partial charge in [0.05, 0.1) is 23.6 Å². The topological polar surface area (TPSA) is 81.7 Å². The molecule has 5 aromatic carbocycles. The number of methoxy groups -OCH3 is 1. The fourth-order valence-corrected chi connectivity index (χ4v) is 7.99. The molecule has 0 radical (unpaired) electrons. The van der Waals surface area contributed by atoms with Crippen LogP contribution in [-0.2, 0) is 19.6 Å². The van der Waals surface area contributed by atoms with Crippen molar-refractivity contribution in [2.45, 2.75) is 29.6 Å². The van der Waals surface area contributed by atoms with E-state index in [1.54, 1.807) is 31.4 Å². The lowest BCUT2D eigenvalue weighted by Gasteiger charge is -2.32. The van der Waals surface area contributed by atoms with Gasteiger partial charge in [-0.1, -0.05) is 109 Å². The Kier molecular flexibility index (Phi) is 8.46. The van der Waals surface area contributed by atoms with Gasteiger partial charge in [-0.15, -0.1) is 0 Å². The molecule has 1 N–H and O–H groups in total. The molecule has 240 valence electrons. The van der Waals surface area contributed by atoms with E-state index >= 15 is 0 Å².